The van der Waals surface area contributed by atoms with Crippen LogP contribution in [0.1, 0.15) is 46.5 Å². The van der Waals surface area contributed by atoms with Crippen molar-refractivity contribution in [3.05, 3.63) is 11.8 Å². The summed E-state index contributed by atoms with van der Waals surface area (Å²) in [6.07, 6.45) is 7.55. The topological polar surface area (TPSA) is 20.3 Å². The highest BCUT2D eigenvalue weighted by atomic mass is 16.1. The van der Waals surface area contributed by atoms with E-state index in [9.17, 15) is 4.79 Å². The van der Waals surface area contributed by atoms with Gasteiger partial charge in [-0.25, -0.2) is 0 Å². The maximum atomic E-state index is 10.8. The predicted molar refractivity (Wildman–Crippen MR) is 61.2 cm³/mol. The van der Waals surface area contributed by atoms with E-state index in [0.29, 0.717) is 0 Å². The molecule has 0 amide bonds. The molecule has 2 heteroatoms. The van der Waals surface area contributed by atoms with Crippen LogP contribution >= 0.6 is 0 Å². The van der Waals surface area contributed by atoms with E-state index < -0.39 is 0 Å². The summed E-state index contributed by atoms with van der Waals surface area (Å²) < 4.78 is 0. The summed E-state index contributed by atoms with van der Waals surface area (Å²) >= 11 is 0. The highest BCUT2D eigenvalue weighted by Gasteiger charge is 2.06. The van der Waals surface area contributed by atoms with Crippen molar-refractivity contribution in [1.82, 2.24) is 4.90 Å². The molecule has 0 radical (unpaired) electrons. The van der Waals surface area contributed by atoms with E-state index in [0.717, 1.165) is 37.9 Å². The SMILES string of the molecule is C/C=C(\C=O)N(CCCC)CCCC. The Morgan fingerprint density at radius 1 is 1.14 bits per heavy atom. The van der Waals surface area contributed by atoms with E-state index in [-0.39, 0.29) is 0 Å². The van der Waals surface area contributed by atoms with Gasteiger partial charge in [-0.2, -0.15) is 0 Å². The lowest BCUT2D eigenvalue weighted by Crippen LogP contribution is -2.26. The number of hydrogen-bond donors (Lipinski definition) is 0. The molecule has 0 heterocycles. The summed E-state index contributed by atoms with van der Waals surface area (Å²) in [5, 5.41) is 0. The minimum atomic E-state index is 0.840. The van der Waals surface area contributed by atoms with Crippen LogP contribution in [-0.4, -0.2) is 24.3 Å². The fourth-order valence-electron chi connectivity index (χ4n) is 1.39. The first-order valence-corrected chi connectivity index (χ1v) is 5.66. The van der Waals surface area contributed by atoms with Crippen molar-refractivity contribution < 1.29 is 4.79 Å². The van der Waals surface area contributed by atoms with Gasteiger partial charge in [0.2, 0.25) is 0 Å². The fourth-order valence-corrected chi connectivity index (χ4v) is 1.39. The van der Waals surface area contributed by atoms with Gasteiger partial charge in [0.1, 0.15) is 0 Å². The summed E-state index contributed by atoms with van der Waals surface area (Å²) in [6.45, 7) is 8.29. The molecule has 0 aliphatic heterocycles. The van der Waals surface area contributed by atoms with Crippen molar-refractivity contribution in [2.75, 3.05) is 13.1 Å². The quantitative estimate of drug-likeness (QED) is 0.440. The third kappa shape index (κ3) is 5.05. The number of allylic oxidation sites excluding steroid dienone is 2. The summed E-state index contributed by atoms with van der Waals surface area (Å²) in [4.78, 5) is 13.0. The minimum Gasteiger partial charge on any atom is -0.369 e. The first-order chi connectivity index (χ1) is 6.79. The molecule has 0 atom stereocenters. The normalized spacial score (nSPS) is 11.5. The van der Waals surface area contributed by atoms with E-state index in [1.165, 1.54) is 12.8 Å². The van der Waals surface area contributed by atoms with Crippen LogP contribution in [0, 0.1) is 0 Å². The zero-order valence-electron chi connectivity index (χ0n) is 9.75. The molecule has 0 N–H and O–H groups in total. The van der Waals surface area contributed by atoms with Gasteiger partial charge in [-0.3, -0.25) is 4.79 Å². The minimum absolute atomic E-state index is 0.840. The Bertz CT molecular complexity index is 167. The van der Waals surface area contributed by atoms with Crippen LogP contribution in [0.15, 0.2) is 11.8 Å². The molecule has 0 aromatic rings. The molecule has 82 valence electrons. The maximum absolute atomic E-state index is 10.8. The van der Waals surface area contributed by atoms with Gasteiger partial charge < -0.3 is 4.90 Å². The van der Waals surface area contributed by atoms with Crippen LogP contribution in [0.4, 0.5) is 0 Å². The molecule has 0 aromatic carbocycles. The standard InChI is InChI=1S/C12H23NO/c1-4-7-9-13(10-8-5-2)12(6-3)11-14/h6,11H,4-5,7-10H2,1-3H3/b12-6+. The van der Waals surface area contributed by atoms with Gasteiger partial charge in [-0.1, -0.05) is 32.8 Å². The Balaban J connectivity index is 4.13. The molecule has 0 spiro atoms. The van der Waals surface area contributed by atoms with Crippen LogP contribution < -0.4 is 0 Å². The molecule has 0 aromatic heterocycles. The molecule has 0 bridgehead atoms. The molecule has 2 nitrogen and oxygen atoms in total. The average Bonchev–Trinajstić information content (AvgIpc) is 2.22. The van der Waals surface area contributed by atoms with Crippen molar-refractivity contribution >= 4 is 6.29 Å². The molecular weight excluding hydrogens is 174 g/mol. The van der Waals surface area contributed by atoms with E-state index >= 15 is 0 Å². The number of unbranched alkanes of at least 4 members (excludes halogenated alkanes) is 2. The van der Waals surface area contributed by atoms with E-state index in [1.807, 2.05) is 13.0 Å². The molecule has 0 saturated carbocycles. The molecular formula is C12H23NO. The van der Waals surface area contributed by atoms with Gasteiger partial charge in [0, 0.05) is 13.1 Å². The van der Waals surface area contributed by atoms with Gasteiger partial charge in [-0.05, 0) is 19.8 Å². The molecule has 0 unspecified atom stereocenters. The first-order valence-electron chi connectivity index (χ1n) is 5.66. The second-order valence-corrected chi connectivity index (χ2v) is 3.53. The highest BCUT2D eigenvalue weighted by Crippen LogP contribution is 2.06. The van der Waals surface area contributed by atoms with Crippen LogP contribution in [-0.2, 0) is 4.79 Å². The van der Waals surface area contributed by atoms with Crippen LogP contribution in [0.5, 0.6) is 0 Å². The maximum Gasteiger partial charge on any atom is 0.165 e. The Hall–Kier alpha value is -0.790. The second kappa shape index (κ2) is 8.79. The Labute approximate surface area is 88.0 Å². The molecule has 0 rings (SSSR count). The Morgan fingerprint density at radius 2 is 1.64 bits per heavy atom. The van der Waals surface area contributed by atoms with Crippen molar-refractivity contribution in [3.8, 4) is 0 Å². The molecule has 0 fully saturated rings. The molecule has 0 aliphatic rings. The lowest BCUT2D eigenvalue weighted by molar-refractivity contribution is -0.106. The molecule has 0 aliphatic carbocycles. The van der Waals surface area contributed by atoms with Crippen molar-refractivity contribution in [2.24, 2.45) is 0 Å². The van der Waals surface area contributed by atoms with Gasteiger partial charge >= 0.3 is 0 Å². The Kier molecular flexibility index (Phi) is 8.30. The van der Waals surface area contributed by atoms with Gasteiger partial charge in [0.15, 0.2) is 6.29 Å². The van der Waals surface area contributed by atoms with Crippen molar-refractivity contribution in [1.29, 1.82) is 0 Å². The fraction of sp³-hybridized carbons (Fsp3) is 0.750. The van der Waals surface area contributed by atoms with E-state index in [2.05, 4.69) is 18.7 Å². The number of carbonyl (C=O) groups excluding carboxylic acids is 1. The number of aldehydes is 1. The van der Waals surface area contributed by atoms with Gasteiger partial charge in [0.05, 0.1) is 5.70 Å². The van der Waals surface area contributed by atoms with Crippen molar-refractivity contribution in [2.45, 2.75) is 46.5 Å². The number of nitrogens with zero attached hydrogens (tertiary/aromatic N) is 1. The first kappa shape index (κ1) is 13.2. The summed E-state index contributed by atoms with van der Waals surface area (Å²) in [5.41, 5.74) is 0.840. The lowest BCUT2D eigenvalue weighted by atomic mass is 10.2. The average molecular weight is 197 g/mol. The van der Waals surface area contributed by atoms with E-state index in [4.69, 9.17) is 0 Å². The predicted octanol–water partition coefficient (Wildman–Crippen LogP) is 2.99. The van der Waals surface area contributed by atoms with Gasteiger partial charge in [0.25, 0.3) is 0 Å². The largest absolute Gasteiger partial charge is 0.369 e. The highest BCUT2D eigenvalue weighted by molar-refractivity contribution is 5.72. The summed E-state index contributed by atoms with van der Waals surface area (Å²) in [5.74, 6) is 0. The van der Waals surface area contributed by atoms with Crippen LogP contribution in [0.3, 0.4) is 0 Å². The van der Waals surface area contributed by atoms with Crippen LogP contribution in [0.2, 0.25) is 0 Å². The third-order valence-corrected chi connectivity index (χ3v) is 2.34. The summed E-state index contributed by atoms with van der Waals surface area (Å²) in [7, 11) is 0. The van der Waals surface area contributed by atoms with Crippen molar-refractivity contribution in [3.63, 3.8) is 0 Å². The molecule has 0 saturated heterocycles. The zero-order valence-corrected chi connectivity index (χ0v) is 9.75. The number of carbonyl (C=O) groups is 1. The number of hydrogen-bond acceptors (Lipinski definition) is 2. The zero-order chi connectivity index (χ0) is 10.8. The van der Waals surface area contributed by atoms with Gasteiger partial charge in [-0.15, -0.1) is 0 Å². The number of rotatable bonds is 8. The Morgan fingerprint density at radius 3 is 1.93 bits per heavy atom. The molecule has 14 heavy (non-hydrogen) atoms. The monoisotopic (exact) mass is 197 g/mol. The van der Waals surface area contributed by atoms with Crippen LogP contribution in [0.25, 0.3) is 0 Å². The third-order valence-electron chi connectivity index (χ3n) is 2.34. The van der Waals surface area contributed by atoms with E-state index in [1.54, 1.807) is 0 Å². The second-order valence-electron chi connectivity index (χ2n) is 3.53. The smallest absolute Gasteiger partial charge is 0.165 e. The lowest BCUT2D eigenvalue weighted by Gasteiger charge is -2.23. The summed E-state index contributed by atoms with van der Waals surface area (Å²) in [6, 6.07) is 0.